The van der Waals surface area contributed by atoms with Crippen LogP contribution >= 0.6 is 0 Å². The first-order chi connectivity index (χ1) is 11.8. The van der Waals surface area contributed by atoms with Crippen molar-refractivity contribution >= 4 is 11.8 Å². The molecule has 2 amide bonds. The topological polar surface area (TPSA) is 119 Å². The van der Waals surface area contributed by atoms with Gasteiger partial charge in [0.25, 0.3) is 11.8 Å². The number of aromatic hydroxyl groups is 2. The molecule has 0 saturated heterocycles. The average molecular weight is 344 g/mol. The van der Waals surface area contributed by atoms with Gasteiger partial charge in [0, 0.05) is 18.2 Å². The molecule has 0 aliphatic rings. The maximum atomic E-state index is 12.3. The van der Waals surface area contributed by atoms with Crippen LogP contribution in [0.2, 0.25) is 0 Å². The molecule has 0 aromatic heterocycles. The van der Waals surface area contributed by atoms with Crippen molar-refractivity contribution in [2.24, 2.45) is 0 Å². The highest BCUT2D eigenvalue weighted by Gasteiger charge is 2.16. The number of nitrogens with one attached hydrogen (secondary N) is 2. The van der Waals surface area contributed by atoms with Gasteiger partial charge in [0.05, 0.1) is 5.56 Å². The summed E-state index contributed by atoms with van der Waals surface area (Å²) < 4.78 is 0. The summed E-state index contributed by atoms with van der Waals surface area (Å²) in [6.07, 6.45) is 0. The minimum absolute atomic E-state index is 0.00244. The predicted molar refractivity (Wildman–Crippen MR) is 90.7 cm³/mol. The van der Waals surface area contributed by atoms with Crippen molar-refractivity contribution in [2.45, 2.75) is 26.3 Å². The van der Waals surface area contributed by atoms with E-state index >= 15 is 0 Å². The molecule has 25 heavy (non-hydrogen) atoms. The van der Waals surface area contributed by atoms with E-state index in [0.717, 1.165) is 11.6 Å². The first-order valence-electron chi connectivity index (χ1n) is 7.71. The van der Waals surface area contributed by atoms with Crippen LogP contribution in [0.5, 0.6) is 11.5 Å². The summed E-state index contributed by atoms with van der Waals surface area (Å²) in [7, 11) is 0. The molecule has 0 heterocycles. The lowest BCUT2D eigenvalue weighted by Crippen LogP contribution is -2.23. The number of hydroxylamine groups is 1. The third-order valence-electron chi connectivity index (χ3n) is 3.78. The maximum absolute atomic E-state index is 12.3. The molecule has 7 heteroatoms. The molecule has 2 aromatic carbocycles. The average Bonchev–Trinajstić information content (AvgIpc) is 2.59. The van der Waals surface area contributed by atoms with E-state index in [-0.39, 0.29) is 35.1 Å². The van der Waals surface area contributed by atoms with Crippen LogP contribution in [0.1, 0.15) is 51.6 Å². The molecule has 0 saturated carbocycles. The highest BCUT2D eigenvalue weighted by atomic mass is 16.5. The molecule has 0 bridgehead atoms. The van der Waals surface area contributed by atoms with Crippen molar-refractivity contribution in [1.82, 2.24) is 10.8 Å². The van der Waals surface area contributed by atoms with Gasteiger partial charge in [0.15, 0.2) is 0 Å². The lowest BCUT2D eigenvalue weighted by atomic mass is 9.98. The molecule has 0 fully saturated rings. The zero-order valence-electron chi connectivity index (χ0n) is 13.9. The SMILES string of the molecule is CC(C)c1cc(C(=O)NCc2ccc(C(=O)NO)cc2)c(O)cc1O. The van der Waals surface area contributed by atoms with Gasteiger partial charge in [0.1, 0.15) is 11.5 Å². The number of hydrogen-bond acceptors (Lipinski definition) is 5. The Hall–Kier alpha value is -3.06. The fraction of sp³-hybridized carbons (Fsp3) is 0.222. The zero-order valence-corrected chi connectivity index (χ0v) is 13.9. The van der Waals surface area contributed by atoms with E-state index in [2.05, 4.69) is 5.32 Å². The van der Waals surface area contributed by atoms with E-state index in [1.807, 2.05) is 13.8 Å². The van der Waals surface area contributed by atoms with Crippen molar-refractivity contribution in [2.75, 3.05) is 0 Å². The summed E-state index contributed by atoms with van der Waals surface area (Å²) in [6, 6.07) is 8.94. The molecule has 2 aromatic rings. The van der Waals surface area contributed by atoms with E-state index in [1.54, 1.807) is 17.6 Å². The van der Waals surface area contributed by atoms with Crippen LogP contribution in [0.3, 0.4) is 0 Å². The summed E-state index contributed by atoms with van der Waals surface area (Å²) >= 11 is 0. The second kappa shape index (κ2) is 7.67. The lowest BCUT2D eigenvalue weighted by molar-refractivity contribution is 0.0706. The number of benzene rings is 2. The normalized spacial score (nSPS) is 10.6. The highest BCUT2D eigenvalue weighted by Crippen LogP contribution is 2.32. The monoisotopic (exact) mass is 344 g/mol. The molecule has 0 radical (unpaired) electrons. The second-order valence-electron chi connectivity index (χ2n) is 5.90. The number of hydrogen-bond donors (Lipinski definition) is 5. The number of phenolic OH excluding ortho intramolecular Hbond substituents is 2. The van der Waals surface area contributed by atoms with Gasteiger partial charge in [-0.15, -0.1) is 0 Å². The molecule has 0 spiro atoms. The molecular formula is C18H20N2O5. The molecule has 0 unspecified atom stereocenters. The van der Waals surface area contributed by atoms with E-state index in [0.29, 0.717) is 5.56 Å². The number of rotatable bonds is 5. The van der Waals surface area contributed by atoms with Crippen molar-refractivity contribution < 1.29 is 25.0 Å². The standard InChI is InChI=1S/C18H20N2O5/c1-10(2)13-7-14(16(22)8-15(13)21)18(24)19-9-11-3-5-12(6-4-11)17(23)20-25/h3-8,10,21-22,25H,9H2,1-2H3,(H,19,24)(H,20,23). The quantitative estimate of drug-likeness (QED) is 0.421. The molecule has 0 aliphatic carbocycles. The first kappa shape index (κ1) is 18.3. The van der Waals surface area contributed by atoms with Gasteiger partial charge in [-0.3, -0.25) is 14.8 Å². The zero-order chi connectivity index (χ0) is 18.6. The summed E-state index contributed by atoms with van der Waals surface area (Å²) in [5.41, 5.74) is 3.22. The van der Waals surface area contributed by atoms with Crippen LogP contribution in [-0.4, -0.2) is 27.2 Å². The summed E-state index contributed by atoms with van der Waals surface area (Å²) in [4.78, 5) is 23.5. The Kier molecular flexibility index (Phi) is 5.61. The molecule has 2 rings (SSSR count). The fourth-order valence-corrected chi connectivity index (χ4v) is 2.35. The molecule has 0 aliphatic heterocycles. The van der Waals surface area contributed by atoms with E-state index in [9.17, 15) is 19.8 Å². The first-order valence-corrected chi connectivity index (χ1v) is 7.71. The van der Waals surface area contributed by atoms with Crippen LogP contribution in [0.15, 0.2) is 36.4 Å². The molecule has 7 nitrogen and oxygen atoms in total. The van der Waals surface area contributed by atoms with Crippen LogP contribution < -0.4 is 10.8 Å². The van der Waals surface area contributed by atoms with Gasteiger partial charge in [0.2, 0.25) is 0 Å². The molecule has 5 N–H and O–H groups in total. The van der Waals surface area contributed by atoms with Gasteiger partial charge < -0.3 is 15.5 Å². The van der Waals surface area contributed by atoms with Gasteiger partial charge in [-0.25, -0.2) is 5.48 Å². The van der Waals surface area contributed by atoms with Crippen molar-refractivity contribution in [3.63, 3.8) is 0 Å². The summed E-state index contributed by atoms with van der Waals surface area (Å²) in [5.74, 6) is -1.45. The smallest absolute Gasteiger partial charge is 0.274 e. The minimum Gasteiger partial charge on any atom is -0.508 e. The third kappa shape index (κ3) is 4.27. The van der Waals surface area contributed by atoms with Crippen LogP contribution in [0.25, 0.3) is 0 Å². The molecule has 132 valence electrons. The minimum atomic E-state index is -0.620. The molecular weight excluding hydrogens is 324 g/mol. The van der Waals surface area contributed by atoms with Gasteiger partial charge in [-0.05, 0) is 35.2 Å². The number of amides is 2. The fourth-order valence-electron chi connectivity index (χ4n) is 2.35. The Morgan fingerprint density at radius 3 is 2.20 bits per heavy atom. The number of carbonyl (C=O) groups is 2. The van der Waals surface area contributed by atoms with Crippen molar-refractivity contribution in [3.8, 4) is 11.5 Å². The maximum Gasteiger partial charge on any atom is 0.274 e. The third-order valence-corrected chi connectivity index (χ3v) is 3.78. The van der Waals surface area contributed by atoms with Crippen molar-refractivity contribution in [3.05, 3.63) is 58.7 Å². The second-order valence-corrected chi connectivity index (χ2v) is 5.90. The highest BCUT2D eigenvalue weighted by molar-refractivity contribution is 5.97. The Morgan fingerprint density at radius 2 is 1.64 bits per heavy atom. The van der Waals surface area contributed by atoms with Crippen molar-refractivity contribution in [1.29, 1.82) is 0 Å². The molecule has 0 atom stereocenters. The van der Waals surface area contributed by atoms with Crippen LogP contribution in [0, 0.1) is 0 Å². The lowest BCUT2D eigenvalue weighted by Gasteiger charge is -2.13. The van der Waals surface area contributed by atoms with E-state index < -0.39 is 11.8 Å². The summed E-state index contributed by atoms with van der Waals surface area (Å²) in [5, 5.41) is 31.0. The van der Waals surface area contributed by atoms with Gasteiger partial charge in [-0.2, -0.15) is 0 Å². The Morgan fingerprint density at radius 1 is 1.00 bits per heavy atom. The number of phenols is 2. The van der Waals surface area contributed by atoms with Crippen LogP contribution in [-0.2, 0) is 6.54 Å². The summed E-state index contributed by atoms with van der Waals surface area (Å²) in [6.45, 7) is 3.94. The van der Waals surface area contributed by atoms with Crippen LogP contribution in [0.4, 0.5) is 0 Å². The van der Waals surface area contributed by atoms with Gasteiger partial charge >= 0.3 is 0 Å². The van der Waals surface area contributed by atoms with E-state index in [4.69, 9.17) is 5.21 Å². The number of carbonyl (C=O) groups excluding carboxylic acids is 2. The Bertz CT molecular complexity index is 785. The van der Waals surface area contributed by atoms with E-state index in [1.165, 1.54) is 18.2 Å². The predicted octanol–water partition coefficient (Wildman–Crippen LogP) is 2.27. The largest absolute Gasteiger partial charge is 0.508 e. The van der Waals surface area contributed by atoms with Gasteiger partial charge in [-0.1, -0.05) is 26.0 Å². The Labute approximate surface area is 144 Å². The Balaban J connectivity index is 2.10.